The number of likely N-dealkylation sites (N-methyl/N-ethyl adjacent to an activating group) is 1. The van der Waals surface area contributed by atoms with Gasteiger partial charge in [-0.15, -0.1) is 0 Å². The molecule has 0 atom stereocenters. The number of rotatable bonds is 1. The molecule has 2 aliphatic rings. The predicted octanol–water partition coefficient (Wildman–Crippen LogP) is 1.99. The van der Waals surface area contributed by atoms with Crippen LogP contribution in [0.1, 0.15) is 5.56 Å². The first kappa shape index (κ1) is 12.7. The molecule has 0 unspecified atom stereocenters. The Bertz CT molecular complexity index is 548. The van der Waals surface area contributed by atoms with Crippen LogP contribution in [-0.2, 0) is 4.79 Å². The van der Waals surface area contributed by atoms with Crippen LogP contribution in [0.2, 0.25) is 0 Å². The summed E-state index contributed by atoms with van der Waals surface area (Å²) in [5.74, 6) is -0.00738. The Kier molecular flexibility index (Phi) is 3.33. The van der Waals surface area contributed by atoms with E-state index in [0.29, 0.717) is 0 Å². The van der Waals surface area contributed by atoms with Crippen LogP contribution in [0.4, 0.5) is 5.69 Å². The minimum absolute atomic E-state index is 0.00738. The molecule has 0 bridgehead atoms. The van der Waals surface area contributed by atoms with E-state index in [4.69, 9.17) is 0 Å². The molecule has 1 aromatic carbocycles. The third-order valence-electron chi connectivity index (χ3n) is 3.61. The molecule has 2 heterocycles. The van der Waals surface area contributed by atoms with E-state index in [0.717, 1.165) is 47.5 Å². The van der Waals surface area contributed by atoms with Crippen molar-refractivity contribution in [1.82, 2.24) is 9.80 Å². The number of halogens is 1. The van der Waals surface area contributed by atoms with Gasteiger partial charge >= 0.3 is 0 Å². The summed E-state index contributed by atoms with van der Waals surface area (Å²) < 4.78 is 0.993. The van der Waals surface area contributed by atoms with Crippen molar-refractivity contribution >= 4 is 33.1 Å². The van der Waals surface area contributed by atoms with E-state index in [1.165, 1.54) is 0 Å². The summed E-state index contributed by atoms with van der Waals surface area (Å²) in [4.78, 5) is 16.6. The molecule has 100 valence electrons. The Hall–Kier alpha value is -1.33. The molecule has 1 N–H and O–H groups in total. The predicted molar refractivity (Wildman–Crippen MR) is 79.8 cm³/mol. The second-order valence-electron chi connectivity index (χ2n) is 5.03. The number of hydrogen-bond donors (Lipinski definition) is 1. The van der Waals surface area contributed by atoms with Crippen molar-refractivity contribution < 1.29 is 4.79 Å². The standard InChI is InChI=1S/C14H16BrN3O/c1-17-4-6-18(7-5-17)9-12-11-8-10(15)2-3-13(11)16-14(12)19/h2-3,8-9H,4-7H2,1H3,(H,16,19)/b12-9+. The third-order valence-corrected chi connectivity index (χ3v) is 4.11. The van der Waals surface area contributed by atoms with Crippen molar-refractivity contribution in [2.24, 2.45) is 0 Å². The summed E-state index contributed by atoms with van der Waals surface area (Å²) in [5.41, 5.74) is 2.65. The fraction of sp³-hybridized carbons (Fsp3) is 0.357. The number of nitrogens with one attached hydrogen (secondary N) is 1. The molecule has 2 aliphatic heterocycles. The summed E-state index contributed by atoms with van der Waals surface area (Å²) in [7, 11) is 2.12. The lowest BCUT2D eigenvalue weighted by Crippen LogP contribution is -2.42. The fourth-order valence-electron chi connectivity index (χ4n) is 2.42. The lowest BCUT2D eigenvalue weighted by Gasteiger charge is -2.31. The topological polar surface area (TPSA) is 35.6 Å². The highest BCUT2D eigenvalue weighted by molar-refractivity contribution is 9.10. The van der Waals surface area contributed by atoms with Crippen LogP contribution in [0.3, 0.4) is 0 Å². The lowest BCUT2D eigenvalue weighted by atomic mass is 10.1. The van der Waals surface area contributed by atoms with Crippen LogP contribution in [0, 0.1) is 0 Å². The second kappa shape index (κ2) is 4.98. The Morgan fingerprint density at radius 2 is 2.00 bits per heavy atom. The zero-order chi connectivity index (χ0) is 13.4. The monoisotopic (exact) mass is 321 g/mol. The highest BCUT2D eigenvalue weighted by Gasteiger charge is 2.25. The zero-order valence-electron chi connectivity index (χ0n) is 10.8. The molecule has 4 nitrogen and oxygen atoms in total. The Morgan fingerprint density at radius 1 is 1.26 bits per heavy atom. The van der Waals surface area contributed by atoms with Crippen molar-refractivity contribution in [2.45, 2.75) is 0 Å². The van der Waals surface area contributed by atoms with Crippen LogP contribution in [0.15, 0.2) is 28.9 Å². The summed E-state index contributed by atoms with van der Waals surface area (Å²) in [6.45, 7) is 4.01. The Morgan fingerprint density at radius 3 is 2.74 bits per heavy atom. The molecule has 0 radical (unpaired) electrons. The van der Waals surface area contributed by atoms with Crippen LogP contribution >= 0.6 is 15.9 Å². The van der Waals surface area contributed by atoms with E-state index in [2.05, 4.69) is 38.1 Å². The lowest BCUT2D eigenvalue weighted by molar-refractivity contribution is -0.110. The van der Waals surface area contributed by atoms with Crippen molar-refractivity contribution in [3.8, 4) is 0 Å². The zero-order valence-corrected chi connectivity index (χ0v) is 12.4. The van der Waals surface area contributed by atoms with E-state index in [-0.39, 0.29) is 5.91 Å². The molecule has 1 fully saturated rings. The minimum Gasteiger partial charge on any atom is -0.374 e. The molecule has 1 amide bonds. The van der Waals surface area contributed by atoms with Crippen molar-refractivity contribution in [3.63, 3.8) is 0 Å². The third kappa shape index (κ3) is 2.53. The quantitative estimate of drug-likeness (QED) is 0.803. The van der Waals surface area contributed by atoms with Gasteiger partial charge in [-0.1, -0.05) is 15.9 Å². The molecule has 19 heavy (non-hydrogen) atoms. The molecule has 1 aromatic rings. The maximum atomic E-state index is 12.0. The van der Waals surface area contributed by atoms with E-state index in [1.807, 2.05) is 24.4 Å². The summed E-state index contributed by atoms with van der Waals surface area (Å²) >= 11 is 3.46. The Labute approximate surface area is 121 Å². The van der Waals surface area contributed by atoms with E-state index in [1.54, 1.807) is 0 Å². The fourth-order valence-corrected chi connectivity index (χ4v) is 2.78. The van der Waals surface area contributed by atoms with Gasteiger partial charge in [0.2, 0.25) is 0 Å². The van der Waals surface area contributed by atoms with Gasteiger partial charge in [-0.2, -0.15) is 0 Å². The number of amides is 1. The highest BCUT2D eigenvalue weighted by Crippen LogP contribution is 2.34. The van der Waals surface area contributed by atoms with Crippen molar-refractivity contribution in [1.29, 1.82) is 0 Å². The summed E-state index contributed by atoms with van der Waals surface area (Å²) in [6, 6.07) is 5.87. The van der Waals surface area contributed by atoms with Gasteiger partial charge in [0.05, 0.1) is 5.57 Å². The second-order valence-corrected chi connectivity index (χ2v) is 5.94. The average Bonchev–Trinajstić information content (AvgIpc) is 2.69. The molecule has 3 rings (SSSR count). The molecule has 5 heteroatoms. The number of fused-ring (bicyclic) bond motifs is 1. The van der Waals surface area contributed by atoms with Gasteiger partial charge in [0, 0.05) is 48.1 Å². The van der Waals surface area contributed by atoms with Crippen molar-refractivity contribution in [3.05, 3.63) is 34.4 Å². The maximum absolute atomic E-state index is 12.0. The summed E-state index contributed by atoms with van der Waals surface area (Å²) in [5, 5.41) is 2.91. The van der Waals surface area contributed by atoms with Crippen LogP contribution < -0.4 is 5.32 Å². The van der Waals surface area contributed by atoms with Crippen LogP contribution in [-0.4, -0.2) is 48.9 Å². The minimum atomic E-state index is -0.00738. The van der Waals surface area contributed by atoms with Gasteiger partial charge in [0.1, 0.15) is 0 Å². The van der Waals surface area contributed by atoms with E-state index >= 15 is 0 Å². The first-order valence-corrected chi connectivity index (χ1v) is 7.18. The van der Waals surface area contributed by atoms with Gasteiger partial charge in [0.15, 0.2) is 0 Å². The van der Waals surface area contributed by atoms with Gasteiger partial charge in [0.25, 0.3) is 5.91 Å². The SMILES string of the molecule is CN1CCN(/C=C2/C(=O)Nc3ccc(Br)cc32)CC1. The molecular formula is C14H16BrN3O. The van der Waals surface area contributed by atoms with Crippen LogP contribution in [0.5, 0.6) is 0 Å². The number of benzene rings is 1. The molecular weight excluding hydrogens is 306 g/mol. The van der Waals surface area contributed by atoms with E-state index < -0.39 is 0 Å². The van der Waals surface area contributed by atoms with Crippen molar-refractivity contribution in [2.75, 3.05) is 38.5 Å². The molecule has 0 saturated carbocycles. The maximum Gasteiger partial charge on any atom is 0.257 e. The van der Waals surface area contributed by atoms with Gasteiger partial charge in [-0.05, 0) is 25.2 Å². The van der Waals surface area contributed by atoms with Crippen LogP contribution in [0.25, 0.3) is 5.57 Å². The number of anilines is 1. The first-order chi connectivity index (χ1) is 9.13. The normalized spacial score (nSPS) is 21.7. The molecule has 0 spiro atoms. The first-order valence-electron chi connectivity index (χ1n) is 6.39. The van der Waals surface area contributed by atoms with E-state index in [9.17, 15) is 4.79 Å². The molecule has 0 aliphatic carbocycles. The average molecular weight is 322 g/mol. The number of piperazine rings is 1. The molecule has 1 saturated heterocycles. The highest BCUT2D eigenvalue weighted by atomic mass is 79.9. The number of hydrogen-bond acceptors (Lipinski definition) is 3. The van der Waals surface area contributed by atoms with Gasteiger partial charge in [-0.25, -0.2) is 0 Å². The number of nitrogens with zero attached hydrogens (tertiary/aromatic N) is 2. The van der Waals surface area contributed by atoms with Gasteiger partial charge < -0.3 is 15.1 Å². The largest absolute Gasteiger partial charge is 0.374 e. The number of carbonyl (C=O) groups excluding carboxylic acids is 1. The molecule has 0 aromatic heterocycles. The van der Waals surface area contributed by atoms with Gasteiger partial charge in [-0.3, -0.25) is 4.79 Å². The smallest absolute Gasteiger partial charge is 0.257 e. The number of carbonyl (C=O) groups is 1. The summed E-state index contributed by atoms with van der Waals surface area (Å²) in [6.07, 6.45) is 2.00. The Balaban J connectivity index is 1.89.